The van der Waals surface area contributed by atoms with Crippen molar-refractivity contribution in [1.29, 1.82) is 0 Å². The molecule has 0 atom stereocenters. The van der Waals surface area contributed by atoms with Crippen LogP contribution in [0.25, 0.3) is 0 Å². The Bertz CT molecular complexity index is 384. The molecule has 1 aliphatic rings. The van der Waals surface area contributed by atoms with Crippen LogP contribution in [0.5, 0.6) is 17.2 Å². The van der Waals surface area contributed by atoms with Crippen LogP contribution in [-0.2, 0) is 4.79 Å². The minimum atomic E-state index is -0.341. The van der Waals surface area contributed by atoms with Crippen molar-refractivity contribution < 1.29 is 19.0 Å². The van der Waals surface area contributed by atoms with Gasteiger partial charge in [-0.25, -0.2) is 0 Å². The summed E-state index contributed by atoms with van der Waals surface area (Å²) in [5, 5.41) is 0. The highest BCUT2D eigenvalue weighted by molar-refractivity contribution is 5.70. The molecule has 0 unspecified atom stereocenters. The summed E-state index contributed by atoms with van der Waals surface area (Å²) in [5.41, 5.74) is 0.787. The minimum Gasteiger partial charge on any atom is -0.454 e. The second kappa shape index (κ2) is 3.21. The summed E-state index contributed by atoms with van der Waals surface area (Å²) in [7, 11) is 0. The normalized spacial score (nSPS) is 12.7. The third-order valence-electron chi connectivity index (χ3n) is 1.99. The standard InChI is InChI=1S/C10H10O4/c1-6-8(14-7(2)11)3-4-9-10(6)13-5-12-9/h3-4H,5H2,1-2H3. The van der Waals surface area contributed by atoms with Crippen molar-refractivity contribution in [3.8, 4) is 17.2 Å². The van der Waals surface area contributed by atoms with Gasteiger partial charge in [0.25, 0.3) is 0 Å². The number of carbonyl (C=O) groups is 1. The van der Waals surface area contributed by atoms with Crippen molar-refractivity contribution in [2.45, 2.75) is 13.8 Å². The van der Waals surface area contributed by atoms with Gasteiger partial charge in [-0.15, -0.1) is 0 Å². The lowest BCUT2D eigenvalue weighted by Gasteiger charge is -2.07. The van der Waals surface area contributed by atoms with Crippen LogP contribution < -0.4 is 14.2 Å². The quantitative estimate of drug-likeness (QED) is 0.503. The molecule has 4 nitrogen and oxygen atoms in total. The molecule has 0 N–H and O–H groups in total. The predicted octanol–water partition coefficient (Wildman–Crippen LogP) is 1.65. The van der Waals surface area contributed by atoms with E-state index in [4.69, 9.17) is 14.2 Å². The maximum Gasteiger partial charge on any atom is 0.308 e. The third kappa shape index (κ3) is 1.39. The lowest BCUT2D eigenvalue weighted by molar-refractivity contribution is -0.131. The van der Waals surface area contributed by atoms with Crippen LogP contribution in [0, 0.1) is 6.92 Å². The predicted molar refractivity (Wildman–Crippen MR) is 48.6 cm³/mol. The maximum absolute atomic E-state index is 10.8. The van der Waals surface area contributed by atoms with Gasteiger partial charge in [-0.1, -0.05) is 0 Å². The van der Waals surface area contributed by atoms with Crippen LogP contribution in [0.15, 0.2) is 12.1 Å². The molecule has 0 radical (unpaired) electrons. The fraction of sp³-hybridized carbons (Fsp3) is 0.300. The molecule has 74 valence electrons. The number of benzene rings is 1. The summed E-state index contributed by atoms with van der Waals surface area (Å²) in [4.78, 5) is 10.8. The van der Waals surface area contributed by atoms with E-state index in [1.807, 2.05) is 6.92 Å². The Kier molecular flexibility index (Phi) is 2.04. The van der Waals surface area contributed by atoms with Gasteiger partial charge in [-0.3, -0.25) is 4.79 Å². The summed E-state index contributed by atoms with van der Waals surface area (Å²) in [6, 6.07) is 3.43. The lowest BCUT2D eigenvalue weighted by atomic mass is 10.2. The van der Waals surface area contributed by atoms with Crippen LogP contribution in [0.4, 0.5) is 0 Å². The molecule has 2 rings (SSSR count). The molecule has 0 spiro atoms. The van der Waals surface area contributed by atoms with E-state index < -0.39 is 0 Å². The first-order chi connectivity index (χ1) is 6.68. The zero-order chi connectivity index (χ0) is 10.1. The van der Waals surface area contributed by atoms with Crippen LogP contribution in [0.1, 0.15) is 12.5 Å². The Morgan fingerprint density at radius 3 is 2.93 bits per heavy atom. The van der Waals surface area contributed by atoms with Crippen LogP contribution in [0.3, 0.4) is 0 Å². The highest BCUT2D eigenvalue weighted by Crippen LogP contribution is 2.39. The molecule has 0 saturated heterocycles. The Hall–Kier alpha value is -1.71. The van der Waals surface area contributed by atoms with E-state index in [9.17, 15) is 4.79 Å². The van der Waals surface area contributed by atoms with Gasteiger partial charge in [0.05, 0.1) is 0 Å². The van der Waals surface area contributed by atoms with Gasteiger partial charge in [0, 0.05) is 12.5 Å². The number of hydrogen-bond donors (Lipinski definition) is 0. The number of rotatable bonds is 1. The van der Waals surface area contributed by atoms with E-state index in [0.29, 0.717) is 17.2 Å². The van der Waals surface area contributed by atoms with Crippen molar-refractivity contribution in [3.63, 3.8) is 0 Å². The van der Waals surface area contributed by atoms with E-state index in [2.05, 4.69) is 0 Å². The molecule has 0 amide bonds. The van der Waals surface area contributed by atoms with Gasteiger partial charge in [-0.05, 0) is 19.1 Å². The summed E-state index contributed by atoms with van der Waals surface area (Å²) < 4.78 is 15.4. The van der Waals surface area contributed by atoms with E-state index in [1.165, 1.54) is 6.92 Å². The largest absolute Gasteiger partial charge is 0.454 e. The van der Waals surface area contributed by atoms with Crippen molar-refractivity contribution >= 4 is 5.97 Å². The van der Waals surface area contributed by atoms with Gasteiger partial charge in [0.2, 0.25) is 6.79 Å². The van der Waals surface area contributed by atoms with Crippen molar-refractivity contribution in [2.75, 3.05) is 6.79 Å². The molecule has 1 aliphatic heterocycles. The van der Waals surface area contributed by atoms with E-state index >= 15 is 0 Å². The second-order valence-corrected chi connectivity index (χ2v) is 3.02. The first-order valence-electron chi connectivity index (χ1n) is 4.26. The lowest BCUT2D eigenvalue weighted by Crippen LogP contribution is -2.02. The maximum atomic E-state index is 10.8. The summed E-state index contributed by atoms with van der Waals surface area (Å²) in [6.45, 7) is 3.41. The highest BCUT2D eigenvalue weighted by Gasteiger charge is 2.19. The van der Waals surface area contributed by atoms with E-state index in [-0.39, 0.29) is 12.8 Å². The number of ether oxygens (including phenoxy) is 3. The molecule has 0 aliphatic carbocycles. The van der Waals surface area contributed by atoms with Gasteiger partial charge in [-0.2, -0.15) is 0 Å². The number of carbonyl (C=O) groups excluding carboxylic acids is 1. The minimum absolute atomic E-state index is 0.222. The van der Waals surface area contributed by atoms with Gasteiger partial charge >= 0.3 is 5.97 Å². The molecule has 0 fully saturated rings. The fourth-order valence-corrected chi connectivity index (χ4v) is 1.36. The first-order valence-corrected chi connectivity index (χ1v) is 4.26. The zero-order valence-corrected chi connectivity index (χ0v) is 7.99. The smallest absolute Gasteiger partial charge is 0.308 e. The topological polar surface area (TPSA) is 44.8 Å². The molecule has 1 aromatic carbocycles. The molecule has 0 bridgehead atoms. The van der Waals surface area contributed by atoms with Gasteiger partial charge in [0.1, 0.15) is 5.75 Å². The van der Waals surface area contributed by atoms with E-state index in [0.717, 1.165) is 5.56 Å². The second-order valence-electron chi connectivity index (χ2n) is 3.02. The molecule has 4 heteroatoms. The average Bonchev–Trinajstić information content (AvgIpc) is 2.57. The summed E-state index contributed by atoms with van der Waals surface area (Å²) in [5.74, 6) is 1.52. The highest BCUT2D eigenvalue weighted by atomic mass is 16.7. The summed E-state index contributed by atoms with van der Waals surface area (Å²) >= 11 is 0. The van der Waals surface area contributed by atoms with Crippen LogP contribution in [0.2, 0.25) is 0 Å². The summed E-state index contributed by atoms with van der Waals surface area (Å²) in [6.07, 6.45) is 0. The molecule has 14 heavy (non-hydrogen) atoms. The Labute approximate surface area is 81.4 Å². The monoisotopic (exact) mass is 194 g/mol. The molecule has 1 heterocycles. The number of hydrogen-bond acceptors (Lipinski definition) is 4. The Balaban J connectivity index is 2.39. The Morgan fingerprint density at radius 1 is 1.43 bits per heavy atom. The first kappa shape index (κ1) is 8.87. The van der Waals surface area contributed by atoms with Gasteiger partial charge < -0.3 is 14.2 Å². The molecule has 0 aromatic heterocycles. The van der Waals surface area contributed by atoms with Crippen LogP contribution in [-0.4, -0.2) is 12.8 Å². The molecular weight excluding hydrogens is 184 g/mol. The molecular formula is C10H10O4. The number of fused-ring (bicyclic) bond motifs is 1. The number of esters is 1. The van der Waals surface area contributed by atoms with Crippen molar-refractivity contribution in [1.82, 2.24) is 0 Å². The zero-order valence-electron chi connectivity index (χ0n) is 7.99. The van der Waals surface area contributed by atoms with E-state index in [1.54, 1.807) is 12.1 Å². The molecule has 1 aromatic rings. The molecule has 0 saturated carbocycles. The van der Waals surface area contributed by atoms with Crippen molar-refractivity contribution in [2.24, 2.45) is 0 Å². The van der Waals surface area contributed by atoms with Crippen molar-refractivity contribution in [3.05, 3.63) is 17.7 Å². The average molecular weight is 194 g/mol. The van der Waals surface area contributed by atoms with Gasteiger partial charge in [0.15, 0.2) is 11.5 Å². The SMILES string of the molecule is CC(=O)Oc1ccc2c(c1C)OCO2. The van der Waals surface area contributed by atoms with Crippen LogP contribution >= 0.6 is 0 Å². The fourth-order valence-electron chi connectivity index (χ4n) is 1.36. The Morgan fingerprint density at radius 2 is 2.21 bits per heavy atom. The third-order valence-corrected chi connectivity index (χ3v) is 1.99.